The van der Waals surface area contributed by atoms with Crippen LogP contribution in [-0.4, -0.2) is 43.1 Å². The fourth-order valence-corrected chi connectivity index (χ4v) is 2.64. The zero-order valence-electron chi connectivity index (χ0n) is 14.2. The third kappa shape index (κ3) is 4.96. The first kappa shape index (κ1) is 20.0. The van der Waals surface area contributed by atoms with E-state index in [4.69, 9.17) is 4.74 Å². The van der Waals surface area contributed by atoms with E-state index in [2.05, 4.69) is 11.3 Å². The predicted octanol–water partition coefficient (Wildman–Crippen LogP) is 1.82. The van der Waals surface area contributed by atoms with Crippen LogP contribution in [0.4, 0.5) is 0 Å². The van der Waals surface area contributed by atoms with Gasteiger partial charge in [0.15, 0.2) is 5.78 Å². The summed E-state index contributed by atoms with van der Waals surface area (Å²) in [6.07, 6.45) is 5.91. The van der Waals surface area contributed by atoms with Crippen LogP contribution >= 0.6 is 0 Å². The number of carbonyl (C=O) groups excluding carboxylic acids is 4. The van der Waals surface area contributed by atoms with Crippen molar-refractivity contribution in [1.29, 1.82) is 0 Å². The maximum Gasteiger partial charge on any atom is 0.305 e. The van der Waals surface area contributed by atoms with Gasteiger partial charge in [-0.2, -0.15) is 0 Å². The molecule has 0 saturated heterocycles. The van der Waals surface area contributed by atoms with Crippen molar-refractivity contribution in [2.45, 2.75) is 38.7 Å². The molecule has 1 aliphatic carbocycles. The molecule has 0 aromatic carbocycles. The summed E-state index contributed by atoms with van der Waals surface area (Å²) in [4.78, 5) is 47.5. The lowest BCUT2D eigenvalue weighted by molar-refractivity contribution is -0.140. The molecule has 0 radical (unpaired) electrons. The molecule has 1 saturated carbocycles. The van der Waals surface area contributed by atoms with Crippen LogP contribution in [0, 0.1) is 11.8 Å². The van der Waals surface area contributed by atoms with E-state index in [9.17, 15) is 19.2 Å². The monoisotopic (exact) mass is 336 g/mol. The highest BCUT2D eigenvalue weighted by atomic mass is 16.5. The first-order chi connectivity index (χ1) is 11.5. The summed E-state index contributed by atoms with van der Waals surface area (Å²) in [6, 6.07) is 0. The number of methoxy groups -OCH3 is 1. The molecule has 0 N–H and O–H groups in total. The number of hydrogen-bond acceptors (Lipinski definition) is 6. The standard InChI is InChI=1S/C18H24O6/c1-4-13(24-5-2)15-16(20)12(17(21)18(15)22)10-8-6-7-9-11-14(19)23-3/h4,6,8,12-13,15H,1,5,7,9-11H2,2-3H3/b8-6-. The summed E-state index contributed by atoms with van der Waals surface area (Å²) < 4.78 is 9.86. The number of hydrogen-bond donors (Lipinski definition) is 0. The molecule has 132 valence electrons. The van der Waals surface area contributed by atoms with E-state index < -0.39 is 35.3 Å². The molecule has 6 heteroatoms. The largest absolute Gasteiger partial charge is 0.469 e. The Morgan fingerprint density at radius 3 is 2.54 bits per heavy atom. The van der Waals surface area contributed by atoms with E-state index in [1.54, 1.807) is 19.1 Å². The molecule has 0 bridgehead atoms. The van der Waals surface area contributed by atoms with E-state index in [1.165, 1.54) is 13.2 Å². The average Bonchev–Trinajstić information content (AvgIpc) is 2.78. The number of unbranched alkanes of at least 4 members (excludes halogenated alkanes) is 1. The number of ketones is 3. The predicted molar refractivity (Wildman–Crippen MR) is 87.2 cm³/mol. The minimum Gasteiger partial charge on any atom is -0.469 e. The van der Waals surface area contributed by atoms with Gasteiger partial charge >= 0.3 is 5.97 Å². The van der Waals surface area contributed by atoms with Gasteiger partial charge in [0.1, 0.15) is 5.92 Å². The number of rotatable bonds is 10. The second-order valence-corrected chi connectivity index (χ2v) is 5.49. The molecule has 1 aliphatic rings. The number of esters is 1. The molecule has 0 aromatic heterocycles. The molecule has 1 fully saturated rings. The zero-order valence-corrected chi connectivity index (χ0v) is 14.2. The van der Waals surface area contributed by atoms with Gasteiger partial charge in [0.25, 0.3) is 0 Å². The Morgan fingerprint density at radius 1 is 1.25 bits per heavy atom. The maximum atomic E-state index is 12.4. The second-order valence-electron chi connectivity index (χ2n) is 5.49. The van der Waals surface area contributed by atoms with Gasteiger partial charge in [-0.25, -0.2) is 0 Å². The van der Waals surface area contributed by atoms with Crippen LogP contribution in [0.1, 0.15) is 32.6 Å². The summed E-state index contributed by atoms with van der Waals surface area (Å²) in [7, 11) is 1.34. The summed E-state index contributed by atoms with van der Waals surface area (Å²) in [5.41, 5.74) is 0. The minimum absolute atomic E-state index is 0.189. The number of Topliss-reactive ketones (excluding diaryl/α,β-unsaturated/α-hetero) is 3. The molecule has 1 rings (SSSR count). The molecule has 3 atom stereocenters. The smallest absolute Gasteiger partial charge is 0.305 e. The van der Waals surface area contributed by atoms with E-state index >= 15 is 0 Å². The van der Waals surface area contributed by atoms with Crippen LogP contribution in [0.15, 0.2) is 24.8 Å². The third-order valence-corrected chi connectivity index (χ3v) is 3.93. The first-order valence-electron chi connectivity index (χ1n) is 8.05. The van der Waals surface area contributed by atoms with Gasteiger partial charge in [0, 0.05) is 13.0 Å². The second kappa shape index (κ2) is 9.93. The van der Waals surface area contributed by atoms with E-state index in [-0.39, 0.29) is 12.4 Å². The summed E-state index contributed by atoms with van der Waals surface area (Å²) >= 11 is 0. The van der Waals surface area contributed by atoms with Crippen molar-refractivity contribution >= 4 is 23.3 Å². The van der Waals surface area contributed by atoms with Crippen molar-refractivity contribution in [3.8, 4) is 0 Å². The van der Waals surface area contributed by atoms with Crippen LogP contribution < -0.4 is 0 Å². The van der Waals surface area contributed by atoms with Crippen molar-refractivity contribution in [1.82, 2.24) is 0 Å². The maximum absolute atomic E-state index is 12.4. The van der Waals surface area contributed by atoms with Crippen molar-refractivity contribution in [2.24, 2.45) is 11.8 Å². The van der Waals surface area contributed by atoms with Gasteiger partial charge in [0.05, 0.1) is 19.1 Å². The fraction of sp³-hybridized carbons (Fsp3) is 0.556. The third-order valence-electron chi connectivity index (χ3n) is 3.93. The van der Waals surface area contributed by atoms with E-state index in [1.807, 2.05) is 0 Å². The van der Waals surface area contributed by atoms with Crippen LogP contribution in [-0.2, 0) is 28.7 Å². The summed E-state index contributed by atoms with van der Waals surface area (Å²) in [6.45, 7) is 5.64. The molecule has 0 spiro atoms. The molecule has 0 heterocycles. The molecule has 0 aliphatic heterocycles. The molecule has 24 heavy (non-hydrogen) atoms. The summed E-state index contributed by atoms with van der Waals surface area (Å²) in [5.74, 6) is -4.04. The van der Waals surface area contributed by atoms with Gasteiger partial charge in [0.2, 0.25) is 11.6 Å². The van der Waals surface area contributed by atoms with Gasteiger partial charge in [-0.15, -0.1) is 6.58 Å². The minimum atomic E-state index is -1.08. The normalized spacial score (nSPS) is 22.2. The van der Waals surface area contributed by atoms with Crippen LogP contribution in [0.25, 0.3) is 0 Å². The fourth-order valence-electron chi connectivity index (χ4n) is 2.64. The molecule has 0 amide bonds. The van der Waals surface area contributed by atoms with Crippen molar-refractivity contribution < 1.29 is 28.7 Å². The molecular weight excluding hydrogens is 312 g/mol. The van der Waals surface area contributed by atoms with Gasteiger partial charge in [-0.3, -0.25) is 19.2 Å². The highest BCUT2D eigenvalue weighted by Gasteiger charge is 2.50. The van der Waals surface area contributed by atoms with Crippen LogP contribution in [0.3, 0.4) is 0 Å². The molecular formula is C18H24O6. The van der Waals surface area contributed by atoms with Crippen molar-refractivity contribution in [3.05, 3.63) is 24.8 Å². The lowest BCUT2D eigenvalue weighted by Crippen LogP contribution is -2.31. The van der Waals surface area contributed by atoms with Crippen LogP contribution in [0.5, 0.6) is 0 Å². The Balaban J connectivity index is 2.58. The van der Waals surface area contributed by atoms with Crippen molar-refractivity contribution in [2.75, 3.05) is 13.7 Å². The van der Waals surface area contributed by atoms with Gasteiger partial charge in [-0.1, -0.05) is 18.2 Å². The van der Waals surface area contributed by atoms with Gasteiger partial charge in [-0.05, 0) is 26.2 Å². The average molecular weight is 336 g/mol. The highest BCUT2D eigenvalue weighted by molar-refractivity contribution is 6.51. The first-order valence-corrected chi connectivity index (χ1v) is 8.05. The van der Waals surface area contributed by atoms with E-state index in [0.29, 0.717) is 25.9 Å². The molecule has 0 aromatic rings. The van der Waals surface area contributed by atoms with Crippen LogP contribution in [0.2, 0.25) is 0 Å². The lowest BCUT2D eigenvalue weighted by atomic mass is 9.95. The Hall–Kier alpha value is -2.08. The topological polar surface area (TPSA) is 86.7 Å². The Morgan fingerprint density at radius 2 is 1.96 bits per heavy atom. The zero-order chi connectivity index (χ0) is 18.1. The quantitative estimate of drug-likeness (QED) is 0.199. The Kier molecular flexibility index (Phi) is 8.26. The van der Waals surface area contributed by atoms with Gasteiger partial charge < -0.3 is 9.47 Å². The Bertz CT molecular complexity index is 534. The lowest BCUT2D eigenvalue weighted by Gasteiger charge is -2.17. The SMILES string of the molecule is C=CC(OCC)C1C(=O)C(=O)C(C/C=C\CCCC(=O)OC)C1=O. The van der Waals surface area contributed by atoms with Crippen molar-refractivity contribution in [3.63, 3.8) is 0 Å². The molecule has 6 nitrogen and oxygen atoms in total. The number of allylic oxidation sites excluding steroid dienone is 2. The number of carbonyl (C=O) groups is 4. The molecule has 3 unspecified atom stereocenters. The highest BCUT2D eigenvalue weighted by Crippen LogP contribution is 2.28. The number of ether oxygens (including phenoxy) is 2. The summed E-state index contributed by atoms with van der Waals surface area (Å²) in [5, 5.41) is 0. The van der Waals surface area contributed by atoms with E-state index in [0.717, 1.165) is 0 Å². The Labute approximate surface area is 141 Å².